The number of carbonyl (C=O) groups is 1. The largest absolute Gasteiger partial charge is 0.396 e. The normalized spacial score (nSPS) is 10.1. The molecule has 0 unspecified atom stereocenters. The van der Waals surface area contributed by atoms with Crippen molar-refractivity contribution in [2.45, 2.75) is 33.1 Å². The molecule has 4 heteroatoms. The van der Waals surface area contributed by atoms with Crippen LogP contribution in [0.2, 0.25) is 0 Å². The molecular weight excluding hydrogens is 192 g/mol. The summed E-state index contributed by atoms with van der Waals surface area (Å²) in [6, 6.07) is 2.04. The summed E-state index contributed by atoms with van der Waals surface area (Å²) in [5.74, 6) is 0.440. The van der Waals surface area contributed by atoms with Gasteiger partial charge in [-0.15, -0.1) is 0 Å². The smallest absolute Gasteiger partial charge is 0.222 e. The van der Waals surface area contributed by atoms with Crippen LogP contribution in [0.1, 0.15) is 33.1 Å². The van der Waals surface area contributed by atoms with Crippen molar-refractivity contribution in [1.29, 1.82) is 5.26 Å². The van der Waals surface area contributed by atoms with Crippen molar-refractivity contribution in [3.05, 3.63) is 0 Å². The SMILES string of the molecule is CC(C)CN(CCC#N)C(=O)CCCO. The summed E-state index contributed by atoms with van der Waals surface area (Å²) in [4.78, 5) is 13.4. The average Bonchev–Trinajstić information content (AvgIpc) is 2.20. The van der Waals surface area contributed by atoms with Crippen molar-refractivity contribution >= 4 is 5.91 Å². The topological polar surface area (TPSA) is 64.3 Å². The maximum Gasteiger partial charge on any atom is 0.222 e. The molecule has 0 radical (unpaired) electrons. The Balaban J connectivity index is 4.09. The number of carbonyl (C=O) groups excluding carboxylic acids is 1. The average molecular weight is 212 g/mol. The molecule has 0 aromatic rings. The predicted molar refractivity (Wildman–Crippen MR) is 58.0 cm³/mol. The van der Waals surface area contributed by atoms with Crippen molar-refractivity contribution in [2.24, 2.45) is 5.92 Å². The lowest BCUT2D eigenvalue weighted by atomic mass is 10.2. The molecule has 15 heavy (non-hydrogen) atoms. The fourth-order valence-corrected chi connectivity index (χ4v) is 1.33. The number of rotatable bonds is 7. The monoisotopic (exact) mass is 212 g/mol. The maximum atomic E-state index is 11.6. The minimum atomic E-state index is 0.0352. The van der Waals surface area contributed by atoms with E-state index in [1.54, 1.807) is 4.90 Å². The summed E-state index contributed by atoms with van der Waals surface area (Å²) in [5.41, 5.74) is 0. The first-order valence-electron chi connectivity index (χ1n) is 5.37. The number of hydrogen-bond acceptors (Lipinski definition) is 3. The zero-order valence-electron chi connectivity index (χ0n) is 9.57. The van der Waals surface area contributed by atoms with Crippen molar-refractivity contribution in [1.82, 2.24) is 4.90 Å². The summed E-state index contributed by atoms with van der Waals surface area (Å²) in [5, 5.41) is 17.1. The number of nitrogens with zero attached hydrogens (tertiary/aromatic N) is 2. The molecule has 0 saturated carbocycles. The zero-order valence-corrected chi connectivity index (χ0v) is 9.57. The number of hydrogen-bond donors (Lipinski definition) is 1. The van der Waals surface area contributed by atoms with Crippen LogP contribution in [0.5, 0.6) is 0 Å². The third kappa shape index (κ3) is 6.92. The third-order valence-electron chi connectivity index (χ3n) is 1.98. The summed E-state index contributed by atoms with van der Waals surface area (Å²) in [6.45, 7) is 5.31. The molecule has 0 spiro atoms. The van der Waals surface area contributed by atoms with Crippen molar-refractivity contribution in [3.8, 4) is 6.07 Å². The second-order valence-corrected chi connectivity index (χ2v) is 3.97. The highest BCUT2D eigenvalue weighted by molar-refractivity contribution is 5.76. The van der Waals surface area contributed by atoms with E-state index in [0.717, 1.165) is 0 Å². The van der Waals surface area contributed by atoms with Gasteiger partial charge in [0.15, 0.2) is 0 Å². The van der Waals surface area contributed by atoms with Crippen molar-refractivity contribution < 1.29 is 9.90 Å². The van der Waals surface area contributed by atoms with Gasteiger partial charge in [-0.1, -0.05) is 13.8 Å². The number of aliphatic hydroxyl groups is 1. The lowest BCUT2D eigenvalue weighted by Gasteiger charge is -2.23. The quantitative estimate of drug-likeness (QED) is 0.688. The van der Waals surface area contributed by atoms with Crippen LogP contribution in [-0.2, 0) is 4.79 Å². The lowest BCUT2D eigenvalue weighted by Crippen LogP contribution is -2.34. The van der Waals surface area contributed by atoms with Crippen LogP contribution in [0.15, 0.2) is 0 Å². The fraction of sp³-hybridized carbons (Fsp3) is 0.818. The van der Waals surface area contributed by atoms with E-state index in [1.807, 2.05) is 19.9 Å². The first-order valence-corrected chi connectivity index (χ1v) is 5.37. The molecule has 0 heterocycles. The highest BCUT2D eigenvalue weighted by atomic mass is 16.3. The van der Waals surface area contributed by atoms with Crippen molar-refractivity contribution in [2.75, 3.05) is 19.7 Å². The highest BCUT2D eigenvalue weighted by Gasteiger charge is 2.13. The van der Waals surface area contributed by atoms with Gasteiger partial charge < -0.3 is 10.0 Å². The van der Waals surface area contributed by atoms with Gasteiger partial charge in [0.2, 0.25) is 5.91 Å². The van der Waals surface area contributed by atoms with E-state index >= 15 is 0 Å². The highest BCUT2D eigenvalue weighted by Crippen LogP contribution is 2.04. The van der Waals surface area contributed by atoms with Crippen LogP contribution in [0, 0.1) is 17.2 Å². The van der Waals surface area contributed by atoms with Gasteiger partial charge in [0.05, 0.1) is 12.5 Å². The van der Waals surface area contributed by atoms with Gasteiger partial charge in [-0.3, -0.25) is 4.79 Å². The molecule has 0 saturated heterocycles. The Labute approximate surface area is 91.5 Å². The molecule has 0 aliphatic heterocycles. The van der Waals surface area contributed by atoms with E-state index in [4.69, 9.17) is 10.4 Å². The number of aliphatic hydroxyl groups excluding tert-OH is 1. The maximum absolute atomic E-state index is 11.6. The van der Waals surface area contributed by atoms with Crippen LogP contribution in [-0.4, -0.2) is 35.6 Å². The van der Waals surface area contributed by atoms with E-state index in [-0.39, 0.29) is 12.5 Å². The summed E-state index contributed by atoms with van der Waals surface area (Å²) >= 11 is 0. The predicted octanol–water partition coefficient (Wildman–Crippen LogP) is 1.16. The van der Waals surface area contributed by atoms with Gasteiger partial charge in [-0.05, 0) is 12.3 Å². The van der Waals surface area contributed by atoms with Crippen molar-refractivity contribution in [3.63, 3.8) is 0 Å². The molecule has 0 atom stereocenters. The summed E-state index contributed by atoms with van der Waals surface area (Å²) < 4.78 is 0. The summed E-state index contributed by atoms with van der Waals surface area (Å²) in [6.07, 6.45) is 1.24. The Morgan fingerprint density at radius 3 is 2.67 bits per heavy atom. The molecular formula is C11H20N2O2. The standard InChI is InChI=1S/C11H20N2O2/c1-10(2)9-13(7-4-6-12)11(15)5-3-8-14/h10,14H,3-5,7-9H2,1-2H3. The third-order valence-corrected chi connectivity index (χ3v) is 1.98. The second kappa shape index (κ2) is 8.25. The molecule has 1 N–H and O–H groups in total. The molecule has 0 fully saturated rings. The van der Waals surface area contributed by atoms with E-state index in [2.05, 4.69) is 0 Å². The number of amides is 1. The van der Waals surface area contributed by atoms with Crippen LogP contribution < -0.4 is 0 Å². The van der Waals surface area contributed by atoms with Gasteiger partial charge in [0.25, 0.3) is 0 Å². The lowest BCUT2D eigenvalue weighted by molar-refractivity contribution is -0.132. The molecule has 1 amide bonds. The zero-order chi connectivity index (χ0) is 11.7. The van der Waals surface area contributed by atoms with Crippen LogP contribution in [0.3, 0.4) is 0 Å². The molecule has 0 aliphatic carbocycles. The molecule has 0 aromatic carbocycles. The molecule has 4 nitrogen and oxygen atoms in total. The first-order chi connectivity index (χ1) is 7.11. The van der Waals surface area contributed by atoms with Gasteiger partial charge in [0.1, 0.15) is 0 Å². The minimum absolute atomic E-state index is 0.0352. The Morgan fingerprint density at radius 1 is 1.53 bits per heavy atom. The number of nitriles is 1. The molecule has 0 rings (SSSR count). The van der Waals surface area contributed by atoms with Crippen LogP contribution >= 0.6 is 0 Å². The van der Waals surface area contributed by atoms with E-state index in [9.17, 15) is 4.79 Å². The first kappa shape index (κ1) is 13.9. The van der Waals surface area contributed by atoms with Crippen LogP contribution in [0.25, 0.3) is 0 Å². The Morgan fingerprint density at radius 2 is 2.20 bits per heavy atom. The molecule has 0 bridgehead atoms. The van der Waals surface area contributed by atoms with Gasteiger partial charge >= 0.3 is 0 Å². The summed E-state index contributed by atoms with van der Waals surface area (Å²) in [7, 11) is 0. The van der Waals surface area contributed by atoms with E-state index in [0.29, 0.717) is 38.3 Å². The molecule has 86 valence electrons. The van der Waals surface area contributed by atoms with Gasteiger partial charge in [-0.25, -0.2) is 0 Å². The van der Waals surface area contributed by atoms with E-state index in [1.165, 1.54) is 0 Å². The van der Waals surface area contributed by atoms with E-state index < -0.39 is 0 Å². The van der Waals surface area contributed by atoms with Crippen LogP contribution in [0.4, 0.5) is 0 Å². The van der Waals surface area contributed by atoms with Gasteiger partial charge in [0, 0.05) is 26.1 Å². The minimum Gasteiger partial charge on any atom is -0.396 e. The second-order valence-electron chi connectivity index (χ2n) is 3.97. The molecule has 0 aromatic heterocycles. The Hall–Kier alpha value is -1.08. The molecule has 0 aliphatic rings. The fourth-order valence-electron chi connectivity index (χ4n) is 1.33. The Bertz CT molecular complexity index is 221. The van der Waals surface area contributed by atoms with Gasteiger partial charge in [-0.2, -0.15) is 5.26 Å². The Kier molecular flexibility index (Phi) is 7.65.